The van der Waals surface area contributed by atoms with Crippen LogP contribution in [0.5, 0.6) is 0 Å². The highest BCUT2D eigenvalue weighted by molar-refractivity contribution is 4.92. The minimum atomic E-state index is -1.51. The summed E-state index contributed by atoms with van der Waals surface area (Å²) in [6, 6.07) is 0. The van der Waals surface area contributed by atoms with Crippen LogP contribution in [0.15, 0.2) is 12.2 Å². The van der Waals surface area contributed by atoms with Crippen molar-refractivity contribution in [3.63, 3.8) is 0 Å². The Bertz CT molecular complexity index is 257. The van der Waals surface area contributed by atoms with Gasteiger partial charge in [0, 0.05) is 0 Å². The van der Waals surface area contributed by atoms with Gasteiger partial charge in [0.25, 0.3) is 6.08 Å². The summed E-state index contributed by atoms with van der Waals surface area (Å²) in [6.07, 6.45) is 6.49. The maximum Gasteiger partial charge on any atom is 0.266 e. The molecule has 1 aliphatic carbocycles. The Balaban J connectivity index is 1.77. The third kappa shape index (κ3) is 3.77. The van der Waals surface area contributed by atoms with Crippen molar-refractivity contribution in [2.45, 2.75) is 51.6 Å². The predicted octanol–water partition coefficient (Wildman–Crippen LogP) is 4.39. The van der Waals surface area contributed by atoms with Gasteiger partial charge in [-0.05, 0) is 69.3 Å². The van der Waals surface area contributed by atoms with E-state index in [0.717, 1.165) is 44.8 Å². The average Bonchev–Trinajstić information content (AvgIpc) is 2.30. The molecule has 2 aliphatic rings. The second-order valence-electron chi connectivity index (χ2n) is 5.61. The normalized spacial score (nSPS) is 38.8. The lowest BCUT2D eigenvalue weighted by atomic mass is 9.74. The molecular weight excluding hydrogens is 222 g/mol. The molecule has 2 fully saturated rings. The molecule has 2 atom stereocenters. The molecule has 0 aromatic heterocycles. The van der Waals surface area contributed by atoms with Gasteiger partial charge in [0.2, 0.25) is 0 Å². The summed E-state index contributed by atoms with van der Waals surface area (Å²) in [5.74, 6) is 1.49. The van der Waals surface area contributed by atoms with Gasteiger partial charge in [-0.1, -0.05) is 0 Å². The molecule has 17 heavy (non-hydrogen) atoms. The van der Waals surface area contributed by atoms with Crippen LogP contribution in [-0.2, 0) is 4.74 Å². The Labute approximate surface area is 102 Å². The van der Waals surface area contributed by atoms with Crippen LogP contribution in [-0.4, -0.2) is 12.7 Å². The summed E-state index contributed by atoms with van der Waals surface area (Å²) in [6.45, 7) is 3.01. The van der Waals surface area contributed by atoms with E-state index in [-0.39, 0.29) is 5.92 Å². The molecule has 0 spiro atoms. The molecule has 1 saturated heterocycles. The maximum atomic E-state index is 12.2. The SMILES string of the molecule is CC1CCC(C2CCC(C=C(F)F)CC2)CO1. The zero-order valence-electron chi connectivity index (χ0n) is 10.5. The molecule has 3 heteroatoms. The van der Waals surface area contributed by atoms with Gasteiger partial charge in [-0.2, -0.15) is 8.78 Å². The molecule has 0 N–H and O–H groups in total. The van der Waals surface area contributed by atoms with Crippen LogP contribution in [0.4, 0.5) is 8.78 Å². The van der Waals surface area contributed by atoms with Crippen LogP contribution in [0.3, 0.4) is 0 Å². The third-order valence-electron chi connectivity index (χ3n) is 4.38. The third-order valence-corrected chi connectivity index (χ3v) is 4.38. The van der Waals surface area contributed by atoms with Crippen LogP contribution in [0.2, 0.25) is 0 Å². The summed E-state index contributed by atoms with van der Waals surface area (Å²) < 4.78 is 30.0. The van der Waals surface area contributed by atoms with Gasteiger partial charge in [-0.15, -0.1) is 0 Å². The number of hydrogen-bond acceptors (Lipinski definition) is 1. The van der Waals surface area contributed by atoms with E-state index in [2.05, 4.69) is 6.92 Å². The quantitative estimate of drug-likeness (QED) is 0.700. The lowest BCUT2D eigenvalue weighted by molar-refractivity contribution is -0.0288. The molecule has 0 aromatic rings. The van der Waals surface area contributed by atoms with Gasteiger partial charge in [0.1, 0.15) is 0 Å². The van der Waals surface area contributed by atoms with Gasteiger partial charge in [-0.25, -0.2) is 0 Å². The van der Waals surface area contributed by atoms with Gasteiger partial charge in [0.05, 0.1) is 12.7 Å². The summed E-state index contributed by atoms with van der Waals surface area (Å²) in [5.41, 5.74) is 0. The molecule has 2 rings (SSSR count). The molecule has 0 aromatic carbocycles. The van der Waals surface area contributed by atoms with Crippen molar-refractivity contribution >= 4 is 0 Å². The molecule has 2 unspecified atom stereocenters. The van der Waals surface area contributed by atoms with Crippen molar-refractivity contribution in [2.24, 2.45) is 17.8 Å². The number of rotatable bonds is 2. The van der Waals surface area contributed by atoms with Crippen molar-refractivity contribution in [3.05, 3.63) is 12.2 Å². The molecule has 98 valence electrons. The molecule has 1 heterocycles. The second kappa shape index (κ2) is 5.94. The Morgan fingerprint density at radius 1 is 1.00 bits per heavy atom. The van der Waals surface area contributed by atoms with Crippen molar-refractivity contribution in [1.82, 2.24) is 0 Å². The highest BCUT2D eigenvalue weighted by Crippen LogP contribution is 2.38. The van der Waals surface area contributed by atoms with E-state index in [4.69, 9.17) is 4.74 Å². The minimum absolute atomic E-state index is 0.111. The van der Waals surface area contributed by atoms with E-state index in [1.165, 1.54) is 6.42 Å². The maximum absolute atomic E-state index is 12.2. The predicted molar refractivity (Wildman–Crippen MR) is 63.9 cm³/mol. The highest BCUT2D eigenvalue weighted by atomic mass is 19.3. The van der Waals surface area contributed by atoms with E-state index >= 15 is 0 Å². The fourth-order valence-corrected chi connectivity index (χ4v) is 3.24. The fourth-order valence-electron chi connectivity index (χ4n) is 3.24. The Kier molecular flexibility index (Phi) is 4.55. The van der Waals surface area contributed by atoms with Gasteiger partial charge < -0.3 is 4.74 Å². The zero-order valence-corrected chi connectivity index (χ0v) is 10.5. The summed E-state index contributed by atoms with van der Waals surface area (Å²) in [5, 5.41) is 0. The van der Waals surface area contributed by atoms with Crippen LogP contribution >= 0.6 is 0 Å². The fraction of sp³-hybridized carbons (Fsp3) is 0.857. The lowest BCUT2D eigenvalue weighted by Crippen LogP contribution is -2.31. The van der Waals surface area contributed by atoms with Gasteiger partial charge in [0.15, 0.2) is 0 Å². The first-order valence-corrected chi connectivity index (χ1v) is 6.79. The lowest BCUT2D eigenvalue weighted by Gasteiger charge is -2.36. The standard InChI is InChI=1S/C14H22F2O/c1-10-2-5-13(9-17-10)12-6-3-11(4-7-12)8-14(15)16/h8,10-13H,2-7,9H2,1H3. The Morgan fingerprint density at radius 3 is 2.18 bits per heavy atom. The summed E-state index contributed by atoms with van der Waals surface area (Å²) >= 11 is 0. The van der Waals surface area contributed by atoms with Crippen molar-refractivity contribution in [3.8, 4) is 0 Å². The molecule has 1 aliphatic heterocycles. The second-order valence-corrected chi connectivity index (χ2v) is 5.61. The van der Waals surface area contributed by atoms with Crippen molar-refractivity contribution in [2.75, 3.05) is 6.61 Å². The molecule has 0 bridgehead atoms. The molecule has 1 nitrogen and oxygen atoms in total. The summed E-state index contributed by atoms with van der Waals surface area (Å²) in [4.78, 5) is 0. The van der Waals surface area contributed by atoms with E-state index < -0.39 is 6.08 Å². The van der Waals surface area contributed by atoms with Gasteiger partial charge in [-0.3, -0.25) is 0 Å². The van der Waals surface area contributed by atoms with Gasteiger partial charge >= 0.3 is 0 Å². The molecular formula is C14H22F2O. The monoisotopic (exact) mass is 244 g/mol. The molecule has 1 saturated carbocycles. The van der Waals surface area contributed by atoms with Crippen LogP contribution in [0.1, 0.15) is 45.4 Å². The number of halogens is 2. The highest BCUT2D eigenvalue weighted by Gasteiger charge is 2.30. The van der Waals surface area contributed by atoms with Crippen molar-refractivity contribution < 1.29 is 13.5 Å². The average molecular weight is 244 g/mol. The first-order chi connectivity index (χ1) is 8.15. The Morgan fingerprint density at radius 2 is 1.65 bits per heavy atom. The van der Waals surface area contributed by atoms with E-state index in [1.54, 1.807) is 0 Å². The topological polar surface area (TPSA) is 9.23 Å². The largest absolute Gasteiger partial charge is 0.378 e. The number of ether oxygens (including phenoxy) is 1. The van der Waals surface area contributed by atoms with Crippen molar-refractivity contribution in [1.29, 1.82) is 0 Å². The number of hydrogen-bond donors (Lipinski definition) is 0. The minimum Gasteiger partial charge on any atom is -0.378 e. The first kappa shape index (κ1) is 13.0. The van der Waals surface area contributed by atoms with E-state index in [1.807, 2.05) is 0 Å². The summed E-state index contributed by atoms with van der Waals surface area (Å²) in [7, 11) is 0. The Hall–Kier alpha value is -0.440. The van der Waals surface area contributed by atoms with Crippen LogP contribution in [0, 0.1) is 17.8 Å². The zero-order chi connectivity index (χ0) is 12.3. The van der Waals surface area contributed by atoms with Crippen LogP contribution in [0.25, 0.3) is 0 Å². The molecule has 0 amide bonds. The van der Waals surface area contributed by atoms with Crippen LogP contribution < -0.4 is 0 Å². The van der Waals surface area contributed by atoms with E-state index in [0.29, 0.717) is 17.9 Å². The molecule has 0 radical (unpaired) electrons. The first-order valence-electron chi connectivity index (χ1n) is 6.79. The smallest absolute Gasteiger partial charge is 0.266 e. The number of allylic oxidation sites excluding steroid dienone is 1. The van der Waals surface area contributed by atoms with E-state index in [9.17, 15) is 8.78 Å².